The van der Waals surface area contributed by atoms with Crippen LogP contribution in [0, 0.1) is 0 Å². The Bertz CT molecular complexity index is 521. The van der Waals surface area contributed by atoms with Crippen molar-refractivity contribution in [3.8, 4) is 0 Å². The number of imidazole rings is 1. The average molecular weight is 238 g/mol. The van der Waals surface area contributed by atoms with E-state index in [0.29, 0.717) is 18.8 Å². The lowest BCUT2D eigenvalue weighted by molar-refractivity contribution is -0.118. The number of fused-ring (bicyclic) bond motifs is 1. The Labute approximate surface area is 98.0 Å². The molecule has 0 fully saturated rings. The van der Waals surface area contributed by atoms with Gasteiger partial charge in [-0.2, -0.15) is 0 Å². The van der Waals surface area contributed by atoms with Gasteiger partial charge in [-0.25, -0.2) is 4.98 Å². The summed E-state index contributed by atoms with van der Waals surface area (Å²) >= 11 is 5.82. The topological polar surface area (TPSA) is 60.9 Å². The SMILES string of the molecule is NC(=O)CCn1c(CCl)nc2ccccc21. The van der Waals surface area contributed by atoms with E-state index in [2.05, 4.69) is 4.98 Å². The summed E-state index contributed by atoms with van der Waals surface area (Å²) in [5.41, 5.74) is 7.02. The molecule has 0 radical (unpaired) electrons. The summed E-state index contributed by atoms with van der Waals surface area (Å²) in [6.45, 7) is 0.526. The maximum Gasteiger partial charge on any atom is 0.219 e. The Morgan fingerprint density at radius 3 is 2.88 bits per heavy atom. The molecule has 0 spiro atoms. The molecule has 4 nitrogen and oxygen atoms in total. The predicted octanol–water partition coefficient (Wildman–Crippen LogP) is 1.65. The quantitative estimate of drug-likeness (QED) is 0.822. The number of aryl methyl sites for hydroxylation is 1. The minimum atomic E-state index is -0.321. The van der Waals surface area contributed by atoms with Gasteiger partial charge in [0.1, 0.15) is 5.82 Å². The molecule has 1 aromatic heterocycles. The van der Waals surface area contributed by atoms with Crippen molar-refractivity contribution >= 4 is 28.5 Å². The van der Waals surface area contributed by atoms with E-state index in [4.69, 9.17) is 17.3 Å². The summed E-state index contributed by atoms with van der Waals surface area (Å²) in [5, 5.41) is 0. The van der Waals surface area contributed by atoms with Crippen LogP contribution in [0.3, 0.4) is 0 Å². The van der Waals surface area contributed by atoms with Crippen molar-refractivity contribution in [3.05, 3.63) is 30.1 Å². The lowest BCUT2D eigenvalue weighted by Crippen LogP contribution is -2.14. The second-order valence-corrected chi connectivity index (χ2v) is 3.79. The van der Waals surface area contributed by atoms with Crippen molar-refractivity contribution in [3.63, 3.8) is 0 Å². The second kappa shape index (κ2) is 4.53. The normalized spacial score (nSPS) is 10.8. The number of primary amides is 1. The number of hydrogen-bond acceptors (Lipinski definition) is 2. The van der Waals surface area contributed by atoms with Gasteiger partial charge in [0, 0.05) is 13.0 Å². The first-order valence-corrected chi connectivity index (χ1v) is 5.54. The van der Waals surface area contributed by atoms with Crippen LogP contribution in [0.4, 0.5) is 0 Å². The summed E-state index contributed by atoms with van der Waals surface area (Å²) in [6.07, 6.45) is 0.296. The molecule has 0 bridgehead atoms. The van der Waals surface area contributed by atoms with Crippen molar-refractivity contribution in [1.29, 1.82) is 0 Å². The lowest BCUT2D eigenvalue weighted by Gasteiger charge is -2.05. The van der Waals surface area contributed by atoms with E-state index in [0.717, 1.165) is 16.9 Å². The fraction of sp³-hybridized carbons (Fsp3) is 0.273. The number of carbonyl (C=O) groups is 1. The maximum absolute atomic E-state index is 10.8. The molecule has 0 aliphatic heterocycles. The van der Waals surface area contributed by atoms with Gasteiger partial charge in [0.05, 0.1) is 16.9 Å². The molecular weight excluding hydrogens is 226 g/mol. The Balaban J connectivity index is 2.43. The summed E-state index contributed by atoms with van der Waals surface area (Å²) in [6, 6.07) is 7.74. The van der Waals surface area contributed by atoms with Crippen LogP contribution in [-0.2, 0) is 17.2 Å². The van der Waals surface area contributed by atoms with E-state index in [1.54, 1.807) is 0 Å². The second-order valence-electron chi connectivity index (χ2n) is 3.52. The Morgan fingerprint density at radius 2 is 2.19 bits per heavy atom. The van der Waals surface area contributed by atoms with E-state index in [1.165, 1.54) is 0 Å². The van der Waals surface area contributed by atoms with E-state index in [1.807, 2.05) is 28.8 Å². The van der Waals surface area contributed by atoms with Crippen LogP contribution in [0.5, 0.6) is 0 Å². The zero-order chi connectivity index (χ0) is 11.5. The van der Waals surface area contributed by atoms with E-state index in [-0.39, 0.29) is 5.91 Å². The predicted molar refractivity (Wildman–Crippen MR) is 63.1 cm³/mol. The highest BCUT2D eigenvalue weighted by Crippen LogP contribution is 2.17. The van der Waals surface area contributed by atoms with Crippen LogP contribution in [0.25, 0.3) is 11.0 Å². The lowest BCUT2D eigenvalue weighted by atomic mass is 10.3. The van der Waals surface area contributed by atoms with Gasteiger partial charge in [-0.15, -0.1) is 11.6 Å². The third kappa shape index (κ3) is 2.02. The molecule has 1 heterocycles. The van der Waals surface area contributed by atoms with Gasteiger partial charge in [0.25, 0.3) is 0 Å². The Morgan fingerprint density at radius 1 is 1.44 bits per heavy atom. The number of carbonyl (C=O) groups excluding carboxylic acids is 1. The number of aromatic nitrogens is 2. The van der Waals surface area contributed by atoms with Crippen LogP contribution in [0.2, 0.25) is 0 Å². The summed E-state index contributed by atoms with van der Waals surface area (Å²) < 4.78 is 1.94. The zero-order valence-electron chi connectivity index (χ0n) is 8.69. The summed E-state index contributed by atoms with van der Waals surface area (Å²) in [7, 11) is 0. The largest absolute Gasteiger partial charge is 0.370 e. The molecule has 16 heavy (non-hydrogen) atoms. The van der Waals surface area contributed by atoms with Crippen molar-refractivity contribution in [1.82, 2.24) is 9.55 Å². The fourth-order valence-corrected chi connectivity index (χ4v) is 1.90. The van der Waals surface area contributed by atoms with Crippen molar-refractivity contribution < 1.29 is 4.79 Å². The van der Waals surface area contributed by atoms with Gasteiger partial charge in [-0.1, -0.05) is 12.1 Å². The number of rotatable bonds is 4. The number of halogens is 1. The van der Waals surface area contributed by atoms with Gasteiger partial charge in [0.2, 0.25) is 5.91 Å². The molecule has 2 N–H and O–H groups in total. The summed E-state index contributed by atoms with van der Waals surface area (Å²) in [4.78, 5) is 15.2. The number of amides is 1. The van der Waals surface area contributed by atoms with Crippen LogP contribution >= 0.6 is 11.6 Å². The van der Waals surface area contributed by atoms with Crippen LogP contribution in [0.15, 0.2) is 24.3 Å². The molecule has 0 aliphatic carbocycles. The number of nitrogens with two attached hydrogens (primary N) is 1. The average Bonchev–Trinajstić information content (AvgIpc) is 2.64. The molecule has 2 rings (SSSR count). The Kier molecular flexibility index (Phi) is 3.10. The molecule has 84 valence electrons. The molecule has 5 heteroatoms. The molecular formula is C11H12ClN3O. The van der Waals surface area contributed by atoms with Crippen molar-refractivity contribution in [2.75, 3.05) is 0 Å². The molecule has 0 aliphatic rings. The van der Waals surface area contributed by atoms with Gasteiger partial charge in [-0.05, 0) is 12.1 Å². The third-order valence-electron chi connectivity index (χ3n) is 2.43. The first-order chi connectivity index (χ1) is 7.72. The molecule has 0 unspecified atom stereocenters. The number of benzene rings is 1. The van der Waals surface area contributed by atoms with Crippen LogP contribution < -0.4 is 5.73 Å². The van der Waals surface area contributed by atoms with Crippen molar-refractivity contribution in [2.24, 2.45) is 5.73 Å². The van der Waals surface area contributed by atoms with E-state index < -0.39 is 0 Å². The molecule has 0 atom stereocenters. The Hall–Kier alpha value is -1.55. The van der Waals surface area contributed by atoms with Gasteiger partial charge in [0.15, 0.2) is 0 Å². The van der Waals surface area contributed by atoms with Gasteiger partial charge < -0.3 is 10.3 Å². The van der Waals surface area contributed by atoms with Crippen LogP contribution in [0.1, 0.15) is 12.2 Å². The highest BCUT2D eigenvalue weighted by Gasteiger charge is 2.09. The van der Waals surface area contributed by atoms with Gasteiger partial charge in [-0.3, -0.25) is 4.79 Å². The first kappa shape index (κ1) is 11.0. The maximum atomic E-state index is 10.8. The summed E-state index contributed by atoms with van der Waals surface area (Å²) in [5.74, 6) is 0.774. The number of para-hydroxylation sites is 2. The van der Waals surface area contributed by atoms with E-state index >= 15 is 0 Å². The van der Waals surface area contributed by atoms with Crippen LogP contribution in [-0.4, -0.2) is 15.5 Å². The monoisotopic (exact) mass is 237 g/mol. The molecule has 1 aromatic carbocycles. The third-order valence-corrected chi connectivity index (χ3v) is 2.67. The molecule has 0 saturated heterocycles. The smallest absolute Gasteiger partial charge is 0.219 e. The highest BCUT2D eigenvalue weighted by atomic mass is 35.5. The standard InChI is InChI=1S/C11H12ClN3O/c12-7-11-14-8-3-1-2-4-9(8)15(11)6-5-10(13)16/h1-4H,5-7H2,(H2,13,16). The van der Waals surface area contributed by atoms with E-state index in [9.17, 15) is 4.79 Å². The minimum Gasteiger partial charge on any atom is -0.370 e. The van der Waals surface area contributed by atoms with Gasteiger partial charge >= 0.3 is 0 Å². The molecule has 0 saturated carbocycles. The number of hydrogen-bond donors (Lipinski definition) is 1. The minimum absolute atomic E-state index is 0.296. The zero-order valence-corrected chi connectivity index (χ0v) is 9.44. The molecule has 1 amide bonds. The molecule has 2 aromatic rings. The highest BCUT2D eigenvalue weighted by molar-refractivity contribution is 6.16. The fourth-order valence-electron chi connectivity index (χ4n) is 1.70. The number of nitrogens with zero attached hydrogens (tertiary/aromatic N) is 2. The van der Waals surface area contributed by atoms with Crippen molar-refractivity contribution in [2.45, 2.75) is 18.8 Å². The number of alkyl halides is 1. The first-order valence-electron chi connectivity index (χ1n) is 5.01.